The Kier molecular flexibility index (Phi) is 3.34. The molecule has 2 aromatic heterocycles. The molecule has 0 saturated heterocycles. The summed E-state index contributed by atoms with van der Waals surface area (Å²) < 4.78 is 0. The number of H-pyrrole nitrogens is 1. The fourth-order valence-electron chi connectivity index (χ4n) is 2.68. The number of rotatable bonds is 3. The highest BCUT2D eigenvalue weighted by atomic mass is 79.9. The van der Waals surface area contributed by atoms with Gasteiger partial charge in [0, 0.05) is 22.5 Å². The standard InChI is InChI=1S/C13H15BrN2S/c14-8-10-12(9-4-1-2-5-9)15-16-13(10)11-6-3-7-17-11/h3,6-7,9H,1-2,4-5,8H2,(H,15,16). The van der Waals surface area contributed by atoms with Crippen molar-refractivity contribution in [1.29, 1.82) is 0 Å². The van der Waals surface area contributed by atoms with Crippen LogP contribution in [0.25, 0.3) is 10.6 Å². The summed E-state index contributed by atoms with van der Waals surface area (Å²) in [6.45, 7) is 0. The molecule has 4 heteroatoms. The first kappa shape index (κ1) is 11.5. The van der Waals surface area contributed by atoms with E-state index >= 15 is 0 Å². The number of nitrogens with zero attached hydrogens (tertiary/aromatic N) is 1. The summed E-state index contributed by atoms with van der Waals surface area (Å²) in [6, 6.07) is 4.23. The van der Waals surface area contributed by atoms with Crippen molar-refractivity contribution in [1.82, 2.24) is 10.2 Å². The molecule has 1 fully saturated rings. The van der Waals surface area contributed by atoms with Crippen molar-refractivity contribution in [2.45, 2.75) is 36.9 Å². The van der Waals surface area contributed by atoms with Crippen LogP contribution in [0, 0.1) is 0 Å². The topological polar surface area (TPSA) is 28.7 Å². The van der Waals surface area contributed by atoms with Gasteiger partial charge in [0.1, 0.15) is 5.69 Å². The van der Waals surface area contributed by atoms with Crippen molar-refractivity contribution in [3.05, 3.63) is 28.8 Å². The molecule has 0 aromatic carbocycles. The monoisotopic (exact) mass is 310 g/mol. The smallest absolute Gasteiger partial charge is 0.106 e. The number of aromatic nitrogens is 2. The molecular formula is C13H15BrN2S. The lowest BCUT2D eigenvalue weighted by molar-refractivity contribution is 0.688. The predicted octanol–water partition coefficient (Wildman–Crippen LogP) is 4.69. The number of hydrogen-bond donors (Lipinski definition) is 1. The minimum atomic E-state index is 0.698. The van der Waals surface area contributed by atoms with Crippen molar-refractivity contribution in [3.8, 4) is 10.6 Å². The maximum absolute atomic E-state index is 4.53. The average molecular weight is 311 g/mol. The molecule has 2 heterocycles. The Labute approximate surface area is 114 Å². The van der Waals surface area contributed by atoms with Crippen LogP contribution in [0.5, 0.6) is 0 Å². The predicted molar refractivity (Wildman–Crippen MR) is 75.7 cm³/mol. The average Bonchev–Trinajstić information content (AvgIpc) is 3.09. The van der Waals surface area contributed by atoms with Crippen LogP contribution in [0.2, 0.25) is 0 Å². The van der Waals surface area contributed by atoms with Crippen LogP contribution in [-0.4, -0.2) is 10.2 Å². The largest absolute Gasteiger partial charge is 0.281 e. The molecule has 0 bridgehead atoms. The number of halogens is 1. The minimum Gasteiger partial charge on any atom is -0.281 e. The van der Waals surface area contributed by atoms with Gasteiger partial charge in [-0.1, -0.05) is 34.8 Å². The van der Waals surface area contributed by atoms with Gasteiger partial charge >= 0.3 is 0 Å². The molecule has 0 unspecified atom stereocenters. The second-order valence-electron chi connectivity index (χ2n) is 4.56. The second-order valence-corrected chi connectivity index (χ2v) is 6.07. The second kappa shape index (κ2) is 4.94. The lowest BCUT2D eigenvalue weighted by Gasteiger charge is -2.08. The van der Waals surface area contributed by atoms with E-state index < -0.39 is 0 Å². The van der Waals surface area contributed by atoms with Gasteiger partial charge in [-0.25, -0.2) is 0 Å². The molecule has 0 atom stereocenters. The first-order valence-corrected chi connectivity index (χ1v) is 8.07. The molecular weight excluding hydrogens is 296 g/mol. The van der Waals surface area contributed by atoms with Crippen molar-refractivity contribution in [3.63, 3.8) is 0 Å². The molecule has 2 nitrogen and oxygen atoms in total. The van der Waals surface area contributed by atoms with E-state index in [1.165, 1.54) is 41.8 Å². The number of hydrogen-bond acceptors (Lipinski definition) is 2. The number of aromatic amines is 1. The molecule has 1 aliphatic rings. The van der Waals surface area contributed by atoms with Gasteiger partial charge < -0.3 is 0 Å². The first-order chi connectivity index (χ1) is 8.40. The van der Waals surface area contributed by atoms with Gasteiger partial charge in [-0.3, -0.25) is 5.10 Å². The number of thiophene rings is 1. The Morgan fingerprint density at radius 3 is 2.88 bits per heavy atom. The summed E-state index contributed by atoms with van der Waals surface area (Å²) in [4.78, 5) is 1.26. The fourth-order valence-corrected chi connectivity index (χ4v) is 3.99. The Morgan fingerprint density at radius 1 is 1.41 bits per heavy atom. The molecule has 1 aliphatic carbocycles. The highest BCUT2D eigenvalue weighted by molar-refractivity contribution is 9.08. The van der Waals surface area contributed by atoms with Crippen LogP contribution in [0.4, 0.5) is 0 Å². The lowest BCUT2D eigenvalue weighted by atomic mass is 9.99. The minimum absolute atomic E-state index is 0.698. The molecule has 0 radical (unpaired) electrons. The third-order valence-corrected chi connectivity index (χ3v) is 4.99. The Hall–Kier alpha value is -0.610. The Balaban J connectivity index is 2.00. The number of alkyl halides is 1. The van der Waals surface area contributed by atoms with Crippen LogP contribution in [0.3, 0.4) is 0 Å². The maximum atomic E-state index is 4.53. The summed E-state index contributed by atoms with van der Waals surface area (Å²) in [7, 11) is 0. The van der Waals surface area contributed by atoms with Gasteiger partial charge in [0.2, 0.25) is 0 Å². The summed E-state index contributed by atoms with van der Waals surface area (Å²) in [6.07, 6.45) is 5.34. The highest BCUT2D eigenvalue weighted by Crippen LogP contribution is 2.39. The van der Waals surface area contributed by atoms with Crippen LogP contribution in [0.15, 0.2) is 17.5 Å². The third-order valence-electron chi connectivity index (χ3n) is 3.55. The molecule has 1 N–H and O–H groups in total. The van der Waals surface area contributed by atoms with E-state index in [1.807, 2.05) is 0 Å². The normalized spacial score (nSPS) is 16.8. The lowest BCUT2D eigenvalue weighted by Crippen LogP contribution is -1.96. The van der Waals surface area contributed by atoms with Crippen molar-refractivity contribution >= 4 is 27.3 Å². The molecule has 2 aromatic rings. The van der Waals surface area contributed by atoms with Gasteiger partial charge in [0.15, 0.2) is 0 Å². The van der Waals surface area contributed by atoms with E-state index in [9.17, 15) is 0 Å². The zero-order valence-corrected chi connectivity index (χ0v) is 12.0. The molecule has 0 amide bonds. The number of nitrogens with one attached hydrogen (secondary N) is 1. The van der Waals surface area contributed by atoms with Crippen molar-refractivity contribution < 1.29 is 0 Å². The van der Waals surface area contributed by atoms with Crippen molar-refractivity contribution in [2.75, 3.05) is 0 Å². The Morgan fingerprint density at radius 2 is 2.24 bits per heavy atom. The molecule has 1 saturated carbocycles. The molecule has 0 aliphatic heterocycles. The van der Waals surface area contributed by atoms with Crippen LogP contribution < -0.4 is 0 Å². The summed E-state index contributed by atoms with van der Waals surface area (Å²) >= 11 is 5.37. The van der Waals surface area contributed by atoms with Crippen molar-refractivity contribution in [2.24, 2.45) is 0 Å². The van der Waals surface area contributed by atoms with E-state index in [4.69, 9.17) is 0 Å². The maximum Gasteiger partial charge on any atom is 0.106 e. The SMILES string of the molecule is BrCc1c(-c2cccs2)n[nH]c1C1CCCC1. The molecule has 0 spiro atoms. The van der Waals surface area contributed by atoms with E-state index in [-0.39, 0.29) is 0 Å². The quantitative estimate of drug-likeness (QED) is 0.818. The summed E-state index contributed by atoms with van der Waals surface area (Å²) in [5.74, 6) is 0.698. The zero-order chi connectivity index (χ0) is 11.7. The fraction of sp³-hybridized carbons (Fsp3) is 0.462. The van der Waals surface area contributed by atoms with E-state index in [2.05, 4.69) is 43.6 Å². The summed E-state index contributed by atoms with van der Waals surface area (Å²) in [5, 5.41) is 10.8. The van der Waals surface area contributed by atoms with Crippen LogP contribution in [0.1, 0.15) is 42.9 Å². The van der Waals surface area contributed by atoms with E-state index in [1.54, 1.807) is 11.3 Å². The highest BCUT2D eigenvalue weighted by Gasteiger charge is 2.24. The van der Waals surface area contributed by atoms with Gasteiger partial charge in [0.05, 0.1) is 4.88 Å². The van der Waals surface area contributed by atoms with Crippen LogP contribution in [-0.2, 0) is 5.33 Å². The molecule has 17 heavy (non-hydrogen) atoms. The zero-order valence-electron chi connectivity index (χ0n) is 9.58. The summed E-state index contributed by atoms with van der Waals surface area (Å²) in [5.41, 5.74) is 3.86. The van der Waals surface area contributed by atoms with Crippen LogP contribution >= 0.6 is 27.3 Å². The van der Waals surface area contributed by atoms with E-state index in [0.717, 1.165) is 11.0 Å². The molecule has 3 rings (SSSR count). The van der Waals surface area contributed by atoms with Gasteiger partial charge in [-0.05, 0) is 24.3 Å². The third kappa shape index (κ3) is 2.08. The van der Waals surface area contributed by atoms with Gasteiger partial charge in [-0.15, -0.1) is 11.3 Å². The Bertz CT molecular complexity index is 483. The molecule has 90 valence electrons. The van der Waals surface area contributed by atoms with Gasteiger partial charge in [0.25, 0.3) is 0 Å². The van der Waals surface area contributed by atoms with E-state index in [0.29, 0.717) is 5.92 Å². The first-order valence-electron chi connectivity index (χ1n) is 6.07. The van der Waals surface area contributed by atoms with Gasteiger partial charge in [-0.2, -0.15) is 5.10 Å².